The summed E-state index contributed by atoms with van der Waals surface area (Å²) in [5.74, 6) is -0.253. The smallest absolute Gasteiger partial charge is 0.248 e. The number of unbranched alkanes of at least 4 members (excludes halogenated alkanes) is 7. The molecule has 2 amide bonds. The fourth-order valence-electron chi connectivity index (χ4n) is 5.11. The summed E-state index contributed by atoms with van der Waals surface area (Å²) < 4.78 is 0. The topological polar surface area (TPSA) is 115 Å². The minimum Gasteiger partial charge on any atom is -0.387 e. The molecule has 2 aliphatic heterocycles. The van der Waals surface area contributed by atoms with Crippen molar-refractivity contribution < 1.29 is 14.7 Å². The maximum absolute atomic E-state index is 12.1. The van der Waals surface area contributed by atoms with Crippen LogP contribution in [0.2, 0.25) is 10.0 Å². The van der Waals surface area contributed by atoms with Gasteiger partial charge in [0, 0.05) is 48.9 Å². The lowest BCUT2D eigenvalue weighted by atomic mass is 9.96. The Morgan fingerprint density at radius 3 is 2.54 bits per heavy atom. The van der Waals surface area contributed by atoms with Gasteiger partial charge in [0.25, 0.3) is 0 Å². The summed E-state index contributed by atoms with van der Waals surface area (Å²) in [7, 11) is 0. The normalized spacial score (nSPS) is 16.6. The highest BCUT2D eigenvalue weighted by Gasteiger charge is 2.29. The molecule has 10 heteroatoms. The zero-order chi connectivity index (χ0) is 26.8. The number of amides is 2. The van der Waals surface area contributed by atoms with Crippen LogP contribution in [0.4, 0.5) is 0 Å². The van der Waals surface area contributed by atoms with Crippen molar-refractivity contribution in [3.05, 3.63) is 45.2 Å². The number of H-pyrrole nitrogens is 1. The number of aromatic amines is 1. The van der Waals surface area contributed by atoms with Gasteiger partial charge in [-0.15, -0.1) is 0 Å². The minimum absolute atomic E-state index is 0.0184. The van der Waals surface area contributed by atoms with E-state index in [0.29, 0.717) is 29.6 Å². The number of halogens is 2. The second-order valence-electron chi connectivity index (χ2n) is 9.57. The monoisotopic (exact) mass is 551 g/mol. The number of hydrazine groups is 1. The predicted octanol–water partition coefficient (Wildman–Crippen LogP) is 4.97. The largest absolute Gasteiger partial charge is 0.387 e. The summed E-state index contributed by atoms with van der Waals surface area (Å²) in [5.41, 5.74) is 11.8. The minimum atomic E-state index is -0.474. The van der Waals surface area contributed by atoms with Crippen LogP contribution in [0.25, 0.3) is 10.9 Å². The van der Waals surface area contributed by atoms with E-state index in [4.69, 9.17) is 28.0 Å². The van der Waals surface area contributed by atoms with E-state index in [-0.39, 0.29) is 18.4 Å². The van der Waals surface area contributed by atoms with E-state index >= 15 is 0 Å². The Bertz CT molecular complexity index is 1090. The highest BCUT2D eigenvalue weighted by Crippen LogP contribution is 2.41. The van der Waals surface area contributed by atoms with Crippen LogP contribution in [0.5, 0.6) is 0 Å². The van der Waals surface area contributed by atoms with Crippen LogP contribution in [0.15, 0.2) is 18.3 Å². The lowest BCUT2D eigenvalue weighted by Gasteiger charge is -2.27. The molecule has 1 atom stereocenters. The Hall–Kier alpha value is -2.26. The lowest BCUT2D eigenvalue weighted by Crippen LogP contribution is -2.37. The Balaban J connectivity index is 0.00000121. The SMILES string of the molecule is CCCCCCCCCCN1C=CC(c2cc(Cl)c(Cl)c3[nH]c4c(c23)CN(C(=O)CO)CC4)N1.NC=O. The summed E-state index contributed by atoms with van der Waals surface area (Å²) in [6, 6.07) is 1.92. The highest BCUT2D eigenvalue weighted by atomic mass is 35.5. The van der Waals surface area contributed by atoms with E-state index in [1.54, 1.807) is 4.90 Å². The number of fused-ring (bicyclic) bond motifs is 3. The number of nitrogens with one attached hydrogen (secondary N) is 2. The zero-order valence-electron chi connectivity index (χ0n) is 21.6. The van der Waals surface area contributed by atoms with Gasteiger partial charge >= 0.3 is 0 Å². The van der Waals surface area contributed by atoms with E-state index in [2.05, 4.69) is 40.4 Å². The molecule has 1 aromatic carbocycles. The summed E-state index contributed by atoms with van der Waals surface area (Å²) in [6.45, 7) is 3.78. The molecule has 3 heterocycles. The van der Waals surface area contributed by atoms with E-state index in [1.165, 1.54) is 44.9 Å². The van der Waals surface area contributed by atoms with Gasteiger partial charge in [-0.05, 0) is 24.1 Å². The van der Waals surface area contributed by atoms with Gasteiger partial charge in [0.2, 0.25) is 12.3 Å². The molecule has 204 valence electrons. The number of rotatable bonds is 11. The van der Waals surface area contributed by atoms with Crippen molar-refractivity contribution in [3.63, 3.8) is 0 Å². The van der Waals surface area contributed by atoms with E-state index in [1.807, 2.05) is 6.07 Å². The number of carbonyl (C=O) groups excluding carboxylic acids is 2. The van der Waals surface area contributed by atoms with Gasteiger partial charge in [-0.3, -0.25) is 9.59 Å². The van der Waals surface area contributed by atoms with E-state index in [0.717, 1.165) is 40.7 Å². The molecule has 0 radical (unpaired) electrons. The molecule has 2 aromatic rings. The van der Waals surface area contributed by atoms with Crippen molar-refractivity contribution in [2.45, 2.75) is 77.3 Å². The molecule has 1 aromatic heterocycles. The zero-order valence-corrected chi connectivity index (χ0v) is 23.1. The van der Waals surface area contributed by atoms with Gasteiger partial charge in [0.15, 0.2) is 0 Å². The first-order chi connectivity index (χ1) is 17.9. The number of hydrogen-bond donors (Lipinski definition) is 4. The van der Waals surface area contributed by atoms with Gasteiger partial charge in [0.1, 0.15) is 6.61 Å². The van der Waals surface area contributed by atoms with Crippen molar-refractivity contribution in [2.75, 3.05) is 19.7 Å². The highest BCUT2D eigenvalue weighted by molar-refractivity contribution is 6.45. The number of aromatic nitrogens is 1. The fraction of sp³-hybridized carbons (Fsp3) is 0.556. The van der Waals surface area contributed by atoms with Crippen LogP contribution < -0.4 is 11.2 Å². The molecular weight excluding hydrogens is 513 g/mol. The molecule has 1 unspecified atom stereocenters. The standard InChI is InChI=1S/C26H36Cl2N4O2.CH3NO/c1-2-3-4-5-6-7-8-9-12-32-14-11-22(30-32)18-15-20(27)25(28)26-24(18)19-16-31(23(34)17-33)13-10-21(19)29-26;2-1-3/h11,14-15,22,29-30,33H,2-10,12-13,16-17H2,1H3;1H,(H2,2,3). The molecule has 8 nitrogen and oxygen atoms in total. The summed E-state index contributed by atoms with van der Waals surface area (Å²) in [4.78, 5) is 25.9. The van der Waals surface area contributed by atoms with Crippen LogP contribution in [0.3, 0.4) is 0 Å². The van der Waals surface area contributed by atoms with Crippen LogP contribution in [0.1, 0.15) is 81.2 Å². The number of benzene rings is 1. The number of carbonyl (C=O) groups is 2. The third-order valence-corrected chi connectivity index (χ3v) is 7.80. The van der Waals surface area contributed by atoms with Crippen molar-refractivity contribution in [1.82, 2.24) is 20.3 Å². The van der Waals surface area contributed by atoms with Crippen LogP contribution >= 0.6 is 23.2 Å². The van der Waals surface area contributed by atoms with Gasteiger partial charge in [-0.25, -0.2) is 5.43 Å². The lowest BCUT2D eigenvalue weighted by molar-refractivity contribution is -0.135. The molecule has 0 spiro atoms. The van der Waals surface area contributed by atoms with Crippen molar-refractivity contribution in [1.29, 1.82) is 0 Å². The molecule has 2 aliphatic rings. The average molecular weight is 553 g/mol. The van der Waals surface area contributed by atoms with Crippen LogP contribution in [0, 0.1) is 0 Å². The second-order valence-corrected chi connectivity index (χ2v) is 10.4. The Kier molecular flexibility index (Phi) is 11.6. The van der Waals surface area contributed by atoms with E-state index in [9.17, 15) is 9.90 Å². The number of hydrogen-bond acceptors (Lipinski definition) is 5. The summed E-state index contributed by atoms with van der Waals surface area (Å²) in [6.07, 6.45) is 15.6. The number of aliphatic hydroxyl groups is 1. The molecule has 0 saturated carbocycles. The Morgan fingerprint density at radius 2 is 1.86 bits per heavy atom. The first-order valence-electron chi connectivity index (χ1n) is 13.2. The van der Waals surface area contributed by atoms with Gasteiger partial charge in [0.05, 0.1) is 21.6 Å². The fourth-order valence-corrected chi connectivity index (χ4v) is 5.52. The molecule has 37 heavy (non-hydrogen) atoms. The summed E-state index contributed by atoms with van der Waals surface area (Å²) >= 11 is 13.1. The number of aliphatic hydroxyl groups excluding tert-OH is 1. The Labute approximate surface area is 229 Å². The predicted molar refractivity (Wildman–Crippen MR) is 149 cm³/mol. The molecule has 0 bridgehead atoms. The molecule has 5 N–H and O–H groups in total. The first kappa shape index (κ1) is 29.3. The number of nitrogens with two attached hydrogens (primary N) is 1. The van der Waals surface area contributed by atoms with E-state index < -0.39 is 6.61 Å². The average Bonchev–Trinajstić information content (AvgIpc) is 3.52. The second kappa shape index (κ2) is 14.6. The molecule has 4 rings (SSSR count). The van der Waals surface area contributed by atoms with Crippen molar-refractivity contribution in [3.8, 4) is 0 Å². The number of primary amides is 1. The molecule has 0 saturated heterocycles. The maximum atomic E-state index is 12.1. The maximum Gasteiger partial charge on any atom is 0.248 e. The molecule has 0 aliphatic carbocycles. The van der Waals surface area contributed by atoms with Crippen LogP contribution in [-0.4, -0.2) is 52.0 Å². The first-order valence-corrected chi connectivity index (χ1v) is 14.0. The summed E-state index contributed by atoms with van der Waals surface area (Å²) in [5, 5.41) is 13.5. The van der Waals surface area contributed by atoms with Crippen molar-refractivity contribution >= 4 is 46.4 Å². The Morgan fingerprint density at radius 1 is 1.19 bits per heavy atom. The molecular formula is C27H39Cl2N5O3. The van der Waals surface area contributed by atoms with Crippen LogP contribution in [-0.2, 0) is 22.6 Å². The molecule has 0 fully saturated rings. The quantitative estimate of drug-likeness (QED) is 0.232. The third kappa shape index (κ3) is 7.41. The third-order valence-electron chi connectivity index (χ3n) is 7.01. The van der Waals surface area contributed by atoms with Gasteiger partial charge in [-0.2, -0.15) is 0 Å². The number of nitrogens with zero attached hydrogens (tertiary/aromatic N) is 2. The van der Waals surface area contributed by atoms with Crippen molar-refractivity contribution in [2.24, 2.45) is 5.73 Å². The van der Waals surface area contributed by atoms with Gasteiger partial charge < -0.3 is 25.7 Å². The van der Waals surface area contributed by atoms with Gasteiger partial charge in [-0.1, -0.05) is 75.1 Å².